The highest BCUT2D eigenvalue weighted by Crippen LogP contribution is 2.38. The molecule has 0 fully saturated rings. The summed E-state index contributed by atoms with van der Waals surface area (Å²) in [7, 11) is 1.70. The van der Waals surface area contributed by atoms with Gasteiger partial charge in [-0.15, -0.1) is 11.8 Å². The second-order valence-corrected chi connectivity index (χ2v) is 5.65. The predicted molar refractivity (Wildman–Crippen MR) is 72.8 cm³/mol. The first kappa shape index (κ1) is 13.8. The molecule has 5 heteroatoms. The first-order valence-electron chi connectivity index (χ1n) is 5.59. The van der Waals surface area contributed by atoms with E-state index in [0.717, 1.165) is 4.90 Å². The Kier molecular flexibility index (Phi) is 4.81. The Balaban J connectivity index is 3.10. The van der Waals surface area contributed by atoms with Gasteiger partial charge in [-0.2, -0.15) is 0 Å². The van der Waals surface area contributed by atoms with Gasteiger partial charge in [-0.05, 0) is 18.1 Å². The van der Waals surface area contributed by atoms with Gasteiger partial charge in [-0.3, -0.25) is 10.1 Å². The summed E-state index contributed by atoms with van der Waals surface area (Å²) in [5.41, 5.74) is 0.739. The van der Waals surface area contributed by atoms with Crippen LogP contribution >= 0.6 is 11.8 Å². The van der Waals surface area contributed by atoms with Gasteiger partial charge in [0, 0.05) is 12.3 Å². The van der Waals surface area contributed by atoms with Crippen LogP contribution in [0.3, 0.4) is 0 Å². The zero-order chi connectivity index (χ0) is 13.0. The molecule has 0 heterocycles. The largest absolute Gasteiger partial charge is 0.383 e. The first-order valence-corrected chi connectivity index (χ1v) is 6.47. The molecule has 1 aromatic rings. The number of benzene rings is 1. The zero-order valence-corrected chi connectivity index (χ0v) is 11.4. The van der Waals surface area contributed by atoms with Crippen LogP contribution in [0.15, 0.2) is 23.1 Å². The number of hydrogen-bond donors (Lipinski definition) is 1. The van der Waals surface area contributed by atoms with E-state index in [2.05, 4.69) is 26.1 Å². The van der Waals surface area contributed by atoms with E-state index in [1.165, 1.54) is 0 Å². The molecule has 0 aliphatic carbocycles. The molecule has 4 nitrogen and oxygen atoms in total. The van der Waals surface area contributed by atoms with Crippen LogP contribution in [0.5, 0.6) is 0 Å². The van der Waals surface area contributed by atoms with E-state index in [0.29, 0.717) is 16.9 Å². The molecule has 0 spiro atoms. The monoisotopic (exact) mass is 254 g/mol. The highest BCUT2D eigenvalue weighted by atomic mass is 32.2. The fraction of sp³-hybridized carbons (Fsp3) is 0.500. The fourth-order valence-electron chi connectivity index (χ4n) is 1.34. The van der Waals surface area contributed by atoms with Crippen molar-refractivity contribution in [3.05, 3.63) is 28.3 Å². The molecule has 0 saturated heterocycles. The lowest BCUT2D eigenvalue weighted by Crippen LogP contribution is -2.06. The zero-order valence-electron chi connectivity index (χ0n) is 10.6. The van der Waals surface area contributed by atoms with Gasteiger partial charge in [0.15, 0.2) is 0 Å². The average Bonchev–Trinajstić information content (AvgIpc) is 2.27. The van der Waals surface area contributed by atoms with E-state index < -0.39 is 0 Å². The Morgan fingerprint density at radius 2 is 2.00 bits per heavy atom. The molecule has 0 radical (unpaired) electrons. The number of rotatable bonds is 5. The summed E-state index contributed by atoms with van der Waals surface area (Å²) in [6, 6.07) is 5.37. The Morgan fingerprint density at radius 1 is 1.35 bits per heavy atom. The van der Waals surface area contributed by atoms with E-state index in [-0.39, 0.29) is 10.6 Å². The van der Waals surface area contributed by atoms with Gasteiger partial charge in [0.05, 0.1) is 9.82 Å². The quantitative estimate of drug-likeness (QED) is 0.493. The van der Waals surface area contributed by atoms with Crippen molar-refractivity contribution in [2.45, 2.75) is 30.9 Å². The van der Waals surface area contributed by atoms with Gasteiger partial charge in [-0.1, -0.05) is 26.8 Å². The van der Waals surface area contributed by atoms with Gasteiger partial charge >= 0.3 is 5.69 Å². The molecule has 1 N–H and O–H groups in total. The highest BCUT2D eigenvalue weighted by Gasteiger charge is 2.21. The summed E-state index contributed by atoms with van der Waals surface area (Å²) >= 11 is 1.55. The van der Waals surface area contributed by atoms with Gasteiger partial charge in [-0.25, -0.2) is 0 Å². The van der Waals surface area contributed by atoms with Gasteiger partial charge < -0.3 is 5.32 Å². The lowest BCUT2D eigenvalue weighted by Gasteiger charge is -2.15. The van der Waals surface area contributed by atoms with Gasteiger partial charge in [0.1, 0.15) is 5.69 Å². The summed E-state index contributed by atoms with van der Waals surface area (Å²) in [5, 5.41) is 14.3. The number of para-hydroxylation sites is 1. The summed E-state index contributed by atoms with van der Waals surface area (Å²) in [5.74, 6) is 0.484. The van der Waals surface area contributed by atoms with E-state index in [4.69, 9.17) is 0 Å². The van der Waals surface area contributed by atoms with Crippen LogP contribution in [-0.2, 0) is 0 Å². The lowest BCUT2D eigenvalue weighted by atomic mass is 10.2. The van der Waals surface area contributed by atoms with Crippen molar-refractivity contribution in [3.63, 3.8) is 0 Å². The van der Waals surface area contributed by atoms with E-state index >= 15 is 0 Å². The molecule has 0 saturated carbocycles. The summed E-state index contributed by atoms with van der Waals surface area (Å²) in [6.45, 7) is 6.32. The molecule has 0 aliphatic rings. The normalized spacial score (nSPS) is 12.5. The predicted octanol–water partition coefficient (Wildman–Crippen LogP) is 3.77. The van der Waals surface area contributed by atoms with E-state index in [9.17, 15) is 10.1 Å². The summed E-state index contributed by atoms with van der Waals surface area (Å²) < 4.78 is 0. The number of nitrogens with zero attached hydrogens (tertiary/aromatic N) is 1. The number of anilines is 1. The Labute approximate surface area is 106 Å². The number of nitro benzene ring substituents is 1. The number of nitro groups is 1. The minimum Gasteiger partial charge on any atom is -0.383 e. The molecule has 0 aliphatic heterocycles. The Morgan fingerprint density at radius 3 is 2.47 bits per heavy atom. The second-order valence-electron chi connectivity index (χ2n) is 4.23. The van der Waals surface area contributed by atoms with Gasteiger partial charge in [0.25, 0.3) is 0 Å². The average molecular weight is 254 g/mol. The van der Waals surface area contributed by atoms with Crippen molar-refractivity contribution in [1.29, 1.82) is 0 Å². The van der Waals surface area contributed by atoms with Crippen LogP contribution in [0.25, 0.3) is 0 Å². The molecule has 1 atom stereocenters. The van der Waals surface area contributed by atoms with Crippen molar-refractivity contribution in [2.24, 2.45) is 5.92 Å². The van der Waals surface area contributed by atoms with E-state index in [1.54, 1.807) is 24.9 Å². The van der Waals surface area contributed by atoms with Crippen molar-refractivity contribution < 1.29 is 4.92 Å². The number of hydrogen-bond acceptors (Lipinski definition) is 4. The standard InChI is InChI=1S/C12H18N2O2S/c1-8(2)9(3)17-11-7-5-6-10(13-4)12(11)14(15)16/h5-9,13H,1-4H3. The van der Waals surface area contributed by atoms with E-state index in [1.807, 2.05) is 12.1 Å². The molecular weight excluding hydrogens is 236 g/mol. The summed E-state index contributed by atoms with van der Waals surface area (Å²) in [6.07, 6.45) is 0. The van der Waals surface area contributed by atoms with Crippen molar-refractivity contribution in [1.82, 2.24) is 0 Å². The molecule has 0 amide bonds. The third-order valence-electron chi connectivity index (χ3n) is 2.70. The van der Waals surface area contributed by atoms with Gasteiger partial charge in [0.2, 0.25) is 0 Å². The maximum absolute atomic E-state index is 11.1. The number of nitrogens with one attached hydrogen (secondary N) is 1. The van der Waals surface area contributed by atoms with Crippen molar-refractivity contribution >= 4 is 23.1 Å². The molecular formula is C12H18N2O2S. The minimum atomic E-state index is -0.318. The molecule has 0 bridgehead atoms. The maximum Gasteiger partial charge on any atom is 0.305 e. The smallest absolute Gasteiger partial charge is 0.305 e. The topological polar surface area (TPSA) is 55.2 Å². The first-order chi connectivity index (χ1) is 7.97. The van der Waals surface area contributed by atoms with Crippen molar-refractivity contribution in [2.75, 3.05) is 12.4 Å². The van der Waals surface area contributed by atoms with Crippen LogP contribution in [0, 0.1) is 16.0 Å². The fourth-order valence-corrected chi connectivity index (χ4v) is 2.47. The molecule has 94 valence electrons. The SMILES string of the molecule is CNc1cccc(SC(C)C(C)C)c1[N+](=O)[O-]. The lowest BCUT2D eigenvalue weighted by molar-refractivity contribution is -0.386. The van der Waals surface area contributed by atoms with Crippen molar-refractivity contribution in [3.8, 4) is 0 Å². The third kappa shape index (κ3) is 3.36. The molecule has 1 aromatic carbocycles. The second kappa shape index (κ2) is 5.91. The van der Waals surface area contributed by atoms with Crippen LogP contribution in [0.1, 0.15) is 20.8 Å². The number of thioether (sulfide) groups is 1. The maximum atomic E-state index is 11.1. The summed E-state index contributed by atoms with van der Waals surface area (Å²) in [4.78, 5) is 11.5. The minimum absolute atomic E-state index is 0.174. The van der Waals surface area contributed by atoms with Crippen LogP contribution in [-0.4, -0.2) is 17.2 Å². The van der Waals surface area contributed by atoms with Crippen LogP contribution in [0.4, 0.5) is 11.4 Å². The third-order valence-corrected chi connectivity index (χ3v) is 4.20. The molecule has 0 aromatic heterocycles. The molecule has 1 unspecified atom stereocenters. The Hall–Kier alpha value is -1.23. The highest BCUT2D eigenvalue weighted by molar-refractivity contribution is 8.00. The molecule has 17 heavy (non-hydrogen) atoms. The van der Waals surface area contributed by atoms with Crippen LogP contribution in [0.2, 0.25) is 0 Å². The Bertz CT molecular complexity index is 407. The molecule has 1 rings (SSSR count). The van der Waals surface area contributed by atoms with Crippen LogP contribution < -0.4 is 5.32 Å².